The van der Waals surface area contributed by atoms with Crippen LogP contribution in [0.25, 0.3) is 0 Å². The predicted molar refractivity (Wildman–Crippen MR) is 54.1 cm³/mol. The monoisotopic (exact) mass is 235 g/mol. The van der Waals surface area contributed by atoms with E-state index in [4.69, 9.17) is 21.1 Å². The van der Waals surface area contributed by atoms with Crippen LogP contribution in [-0.2, 0) is 14.2 Å². The van der Waals surface area contributed by atoms with Gasteiger partial charge >= 0.3 is 6.09 Å². The van der Waals surface area contributed by atoms with Gasteiger partial charge in [-0.25, -0.2) is 4.79 Å². The Bertz CT molecular complexity index is 275. The van der Waals surface area contributed by atoms with Crippen molar-refractivity contribution in [3.8, 4) is 0 Å². The standard InChI is InChI=1S/C9H14ClNO4/c1-6(10)14-8(12)11-4-7-5-13-9(2,3)15-7/h5-6H,4H2,1-3H3,(H,11,12). The fraction of sp³-hybridized carbons (Fsp3) is 0.667. The highest BCUT2D eigenvalue weighted by Crippen LogP contribution is 2.23. The number of hydrogen-bond acceptors (Lipinski definition) is 4. The second-order valence-corrected chi connectivity index (χ2v) is 4.12. The molecule has 0 aromatic rings. The number of carbonyl (C=O) groups excluding carboxylic acids is 1. The zero-order valence-electron chi connectivity index (χ0n) is 8.87. The van der Waals surface area contributed by atoms with E-state index in [2.05, 4.69) is 10.1 Å². The summed E-state index contributed by atoms with van der Waals surface area (Å²) in [6.45, 7) is 5.32. The first-order chi connectivity index (χ1) is 6.89. The molecule has 1 atom stereocenters. The van der Waals surface area contributed by atoms with Crippen molar-refractivity contribution in [1.82, 2.24) is 5.32 Å². The summed E-state index contributed by atoms with van der Waals surface area (Å²) in [5.41, 5.74) is -0.656. The molecule has 1 N–H and O–H groups in total. The molecule has 0 saturated heterocycles. The van der Waals surface area contributed by atoms with Crippen LogP contribution in [0.3, 0.4) is 0 Å². The lowest BCUT2D eigenvalue weighted by molar-refractivity contribution is -0.116. The van der Waals surface area contributed by atoms with E-state index in [1.807, 2.05) is 0 Å². The largest absolute Gasteiger partial charge is 0.457 e. The molecule has 0 aromatic heterocycles. The molecule has 1 aliphatic heterocycles. The zero-order chi connectivity index (χ0) is 11.5. The van der Waals surface area contributed by atoms with Gasteiger partial charge in [0.05, 0.1) is 6.54 Å². The minimum absolute atomic E-state index is 0.214. The highest BCUT2D eigenvalue weighted by molar-refractivity contribution is 6.19. The Balaban J connectivity index is 2.24. The van der Waals surface area contributed by atoms with Crippen molar-refractivity contribution in [1.29, 1.82) is 0 Å². The quantitative estimate of drug-likeness (QED) is 0.760. The topological polar surface area (TPSA) is 56.8 Å². The van der Waals surface area contributed by atoms with Crippen LogP contribution in [0.5, 0.6) is 0 Å². The van der Waals surface area contributed by atoms with Crippen LogP contribution < -0.4 is 5.32 Å². The number of alkyl halides is 1. The van der Waals surface area contributed by atoms with Crippen molar-refractivity contribution in [3.63, 3.8) is 0 Å². The summed E-state index contributed by atoms with van der Waals surface area (Å²) in [7, 11) is 0. The third kappa shape index (κ3) is 4.29. The van der Waals surface area contributed by atoms with E-state index in [9.17, 15) is 4.79 Å². The third-order valence-corrected chi connectivity index (χ3v) is 1.62. The summed E-state index contributed by atoms with van der Waals surface area (Å²) in [4.78, 5) is 11.0. The van der Waals surface area contributed by atoms with Crippen LogP contribution in [0, 0.1) is 0 Å². The lowest BCUT2D eigenvalue weighted by Gasteiger charge is -2.18. The molecule has 0 aliphatic carbocycles. The zero-order valence-corrected chi connectivity index (χ0v) is 9.63. The van der Waals surface area contributed by atoms with Crippen molar-refractivity contribution < 1.29 is 19.0 Å². The van der Waals surface area contributed by atoms with Gasteiger partial charge in [-0.1, -0.05) is 11.6 Å². The second kappa shape index (κ2) is 4.61. The maximum Gasteiger partial charge on any atom is 0.408 e. The summed E-state index contributed by atoms with van der Waals surface area (Å²) in [6.07, 6.45) is 0.872. The Morgan fingerprint density at radius 3 is 2.87 bits per heavy atom. The number of rotatable bonds is 3. The Morgan fingerprint density at radius 2 is 2.40 bits per heavy atom. The van der Waals surface area contributed by atoms with Crippen LogP contribution in [0.4, 0.5) is 4.79 Å². The molecule has 1 amide bonds. The van der Waals surface area contributed by atoms with Crippen LogP contribution in [-0.4, -0.2) is 24.0 Å². The molecule has 1 unspecified atom stereocenters. The van der Waals surface area contributed by atoms with Crippen molar-refractivity contribution in [2.45, 2.75) is 32.1 Å². The first-order valence-corrected chi connectivity index (χ1v) is 4.97. The minimum atomic E-state index is -0.666. The molecule has 0 fully saturated rings. The van der Waals surface area contributed by atoms with Crippen molar-refractivity contribution in [2.75, 3.05) is 6.54 Å². The predicted octanol–water partition coefficient (Wildman–Crippen LogP) is 1.92. The van der Waals surface area contributed by atoms with Gasteiger partial charge in [0.25, 0.3) is 0 Å². The Kier molecular flexibility index (Phi) is 3.68. The minimum Gasteiger partial charge on any atom is -0.457 e. The molecule has 6 heteroatoms. The first-order valence-electron chi connectivity index (χ1n) is 4.53. The van der Waals surface area contributed by atoms with Gasteiger partial charge in [0, 0.05) is 13.8 Å². The summed E-state index contributed by atoms with van der Waals surface area (Å²) >= 11 is 5.46. The van der Waals surface area contributed by atoms with E-state index in [-0.39, 0.29) is 6.54 Å². The normalized spacial score (nSPS) is 19.6. The summed E-state index contributed by atoms with van der Waals surface area (Å²) in [5.74, 6) is -0.125. The lowest BCUT2D eigenvalue weighted by Crippen LogP contribution is -2.29. The Labute approximate surface area is 93.3 Å². The van der Waals surface area contributed by atoms with E-state index >= 15 is 0 Å². The maximum absolute atomic E-state index is 11.0. The number of alkyl carbamates (subject to hydrolysis) is 1. The van der Waals surface area contributed by atoms with Gasteiger partial charge < -0.3 is 19.5 Å². The number of hydrogen-bond donors (Lipinski definition) is 1. The highest BCUT2D eigenvalue weighted by Gasteiger charge is 2.27. The molecule has 0 spiro atoms. The van der Waals surface area contributed by atoms with Crippen LogP contribution >= 0.6 is 11.6 Å². The molecule has 0 aromatic carbocycles. The smallest absolute Gasteiger partial charge is 0.408 e. The highest BCUT2D eigenvalue weighted by atomic mass is 35.5. The molecule has 86 valence electrons. The number of carbonyl (C=O) groups is 1. The Morgan fingerprint density at radius 1 is 1.73 bits per heavy atom. The van der Waals surface area contributed by atoms with Gasteiger partial charge in [-0.05, 0) is 6.92 Å². The molecular weight excluding hydrogens is 222 g/mol. The van der Waals surface area contributed by atoms with E-state index in [1.54, 1.807) is 20.8 Å². The van der Waals surface area contributed by atoms with E-state index < -0.39 is 17.4 Å². The van der Waals surface area contributed by atoms with Gasteiger partial charge in [0.1, 0.15) is 6.26 Å². The van der Waals surface area contributed by atoms with Gasteiger partial charge in [-0.15, -0.1) is 0 Å². The molecule has 5 nitrogen and oxygen atoms in total. The summed E-state index contributed by atoms with van der Waals surface area (Å²) in [6, 6.07) is 0. The number of amides is 1. The first kappa shape index (κ1) is 12.0. The van der Waals surface area contributed by atoms with Gasteiger partial charge in [-0.3, -0.25) is 0 Å². The average Bonchev–Trinajstić information content (AvgIpc) is 2.41. The van der Waals surface area contributed by atoms with Crippen molar-refractivity contribution in [3.05, 3.63) is 12.0 Å². The molecule has 15 heavy (non-hydrogen) atoms. The molecule has 0 bridgehead atoms. The van der Waals surface area contributed by atoms with Crippen molar-refractivity contribution >= 4 is 17.7 Å². The summed E-state index contributed by atoms with van der Waals surface area (Å²) in [5, 5.41) is 2.47. The molecule has 1 rings (SSSR count). The van der Waals surface area contributed by atoms with Gasteiger partial charge in [-0.2, -0.15) is 0 Å². The van der Waals surface area contributed by atoms with Crippen LogP contribution in [0.1, 0.15) is 20.8 Å². The third-order valence-electron chi connectivity index (χ3n) is 1.53. The Hall–Kier alpha value is -1.10. The molecule has 1 heterocycles. The van der Waals surface area contributed by atoms with Crippen LogP contribution in [0.2, 0.25) is 0 Å². The van der Waals surface area contributed by atoms with Crippen molar-refractivity contribution in [2.24, 2.45) is 0 Å². The number of nitrogens with one attached hydrogen (secondary N) is 1. The molecule has 1 aliphatic rings. The average molecular weight is 236 g/mol. The SMILES string of the molecule is CC(Cl)OC(=O)NCC1=COC(C)(C)O1. The number of ether oxygens (including phenoxy) is 3. The molecule has 0 saturated carbocycles. The van der Waals surface area contributed by atoms with E-state index in [0.717, 1.165) is 0 Å². The lowest BCUT2D eigenvalue weighted by atomic mass is 10.4. The molecular formula is C9H14ClNO4. The number of halogens is 1. The van der Waals surface area contributed by atoms with Gasteiger partial charge in [0.2, 0.25) is 5.79 Å². The summed E-state index contributed by atoms with van der Waals surface area (Å²) < 4.78 is 15.2. The van der Waals surface area contributed by atoms with Crippen LogP contribution in [0.15, 0.2) is 12.0 Å². The second-order valence-electron chi connectivity index (χ2n) is 3.51. The maximum atomic E-state index is 11.0. The fourth-order valence-corrected chi connectivity index (χ4v) is 1.08. The fourth-order valence-electron chi connectivity index (χ4n) is 0.998. The van der Waals surface area contributed by atoms with E-state index in [0.29, 0.717) is 5.76 Å². The molecule has 0 radical (unpaired) electrons. The van der Waals surface area contributed by atoms with Gasteiger partial charge in [0.15, 0.2) is 11.3 Å². The van der Waals surface area contributed by atoms with E-state index in [1.165, 1.54) is 6.26 Å².